The van der Waals surface area contributed by atoms with Crippen LogP contribution in [-0.4, -0.2) is 12.3 Å². The van der Waals surface area contributed by atoms with Crippen molar-refractivity contribution in [1.29, 1.82) is 0 Å². The average Bonchev–Trinajstić information content (AvgIpc) is 2.45. The number of ether oxygens (including phenoxy) is 1. The van der Waals surface area contributed by atoms with Crippen LogP contribution in [0.1, 0.15) is 5.56 Å². The lowest BCUT2D eigenvalue weighted by Gasteiger charge is -2.09. The third kappa shape index (κ3) is 4.66. The Morgan fingerprint density at radius 3 is 1.91 bits per heavy atom. The summed E-state index contributed by atoms with van der Waals surface area (Å²) < 4.78 is 40.0. The molecule has 3 nitrogen and oxygen atoms in total. The Labute approximate surface area is 124 Å². The molecular formula is C16H10F3O3-. The Hall–Kier alpha value is -2.76. The number of aliphatic carboxylic acids is 1. The Bertz CT molecular complexity index is 671. The summed E-state index contributed by atoms with van der Waals surface area (Å²) in [6.07, 6.45) is -2.41. The molecule has 0 radical (unpaired) electrons. The number of rotatable bonds is 4. The molecule has 114 valence electrons. The summed E-state index contributed by atoms with van der Waals surface area (Å²) in [6.45, 7) is 0. The van der Waals surface area contributed by atoms with Gasteiger partial charge in [0, 0.05) is 0 Å². The molecule has 0 atom stereocenters. The predicted octanol–water partition coefficient (Wildman–Crippen LogP) is 3.02. The van der Waals surface area contributed by atoms with E-state index in [9.17, 15) is 23.1 Å². The summed E-state index contributed by atoms with van der Waals surface area (Å²) in [4.78, 5) is 10.3. The highest BCUT2D eigenvalue weighted by molar-refractivity contribution is 5.83. The van der Waals surface area contributed by atoms with Gasteiger partial charge >= 0.3 is 6.36 Å². The first-order valence-corrected chi connectivity index (χ1v) is 6.19. The quantitative estimate of drug-likeness (QED) is 0.816. The molecule has 0 spiro atoms. The standard InChI is InChI=1S/C16H11F3O3/c17-16(18,19)22-14-8-6-13(7-9-14)12-4-1-11(2-5-12)3-10-15(20)21/h1-10H,(H,20,21)/p-1/b10-3+. The first kappa shape index (κ1) is 15.6. The molecule has 2 aromatic rings. The molecule has 2 aromatic carbocycles. The van der Waals surface area contributed by atoms with Gasteiger partial charge in [-0.05, 0) is 34.9 Å². The first-order valence-electron chi connectivity index (χ1n) is 6.19. The third-order valence-corrected chi connectivity index (χ3v) is 2.74. The molecule has 0 aliphatic rings. The molecule has 0 amide bonds. The monoisotopic (exact) mass is 307 g/mol. The van der Waals surface area contributed by atoms with Crippen LogP contribution in [0.4, 0.5) is 13.2 Å². The normalized spacial score (nSPS) is 11.6. The van der Waals surface area contributed by atoms with Crippen LogP contribution >= 0.6 is 0 Å². The molecular weight excluding hydrogens is 297 g/mol. The number of carbonyl (C=O) groups excluding carboxylic acids is 1. The second kappa shape index (κ2) is 6.34. The number of alkyl halides is 3. The van der Waals surface area contributed by atoms with Crippen LogP contribution < -0.4 is 9.84 Å². The summed E-state index contributed by atoms with van der Waals surface area (Å²) in [5, 5.41) is 10.3. The minimum atomic E-state index is -4.71. The van der Waals surface area contributed by atoms with Gasteiger partial charge in [-0.15, -0.1) is 13.2 Å². The highest BCUT2D eigenvalue weighted by Crippen LogP contribution is 2.26. The maximum Gasteiger partial charge on any atom is 0.573 e. The van der Waals surface area contributed by atoms with Gasteiger partial charge in [-0.3, -0.25) is 0 Å². The molecule has 0 N–H and O–H groups in total. The van der Waals surface area contributed by atoms with Crippen LogP contribution in [0.5, 0.6) is 5.75 Å². The second-order valence-electron chi connectivity index (χ2n) is 4.35. The number of carboxylic acids is 1. The lowest BCUT2D eigenvalue weighted by atomic mass is 10.0. The number of carbonyl (C=O) groups is 1. The number of benzene rings is 2. The summed E-state index contributed by atoms with van der Waals surface area (Å²) in [5.74, 6) is -1.57. The number of halogens is 3. The maximum atomic E-state index is 12.1. The maximum absolute atomic E-state index is 12.1. The van der Waals surface area contributed by atoms with Crippen molar-refractivity contribution in [2.24, 2.45) is 0 Å². The molecule has 0 aliphatic carbocycles. The van der Waals surface area contributed by atoms with E-state index in [-0.39, 0.29) is 5.75 Å². The molecule has 0 fully saturated rings. The van der Waals surface area contributed by atoms with E-state index in [1.807, 2.05) is 0 Å². The van der Waals surface area contributed by atoms with E-state index in [1.165, 1.54) is 30.3 Å². The largest absolute Gasteiger partial charge is 0.573 e. The van der Waals surface area contributed by atoms with E-state index < -0.39 is 12.3 Å². The van der Waals surface area contributed by atoms with E-state index in [0.717, 1.165) is 11.6 Å². The molecule has 0 aliphatic heterocycles. The van der Waals surface area contributed by atoms with Crippen LogP contribution in [0.3, 0.4) is 0 Å². The van der Waals surface area contributed by atoms with Crippen molar-refractivity contribution in [2.45, 2.75) is 6.36 Å². The van der Waals surface area contributed by atoms with Gasteiger partial charge in [0.25, 0.3) is 0 Å². The highest BCUT2D eigenvalue weighted by Gasteiger charge is 2.30. The highest BCUT2D eigenvalue weighted by atomic mass is 19.4. The minimum absolute atomic E-state index is 0.287. The van der Waals surface area contributed by atoms with Crippen molar-refractivity contribution in [3.8, 4) is 16.9 Å². The summed E-state index contributed by atoms with van der Waals surface area (Å²) >= 11 is 0. The van der Waals surface area contributed by atoms with Gasteiger partial charge in [0.2, 0.25) is 0 Å². The second-order valence-corrected chi connectivity index (χ2v) is 4.35. The van der Waals surface area contributed by atoms with E-state index >= 15 is 0 Å². The van der Waals surface area contributed by atoms with Crippen molar-refractivity contribution in [3.05, 3.63) is 60.2 Å². The van der Waals surface area contributed by atoms with Crippen molar-refractivity contribution >= 4 is 12.0 Å². The first-order chi connectivity index (χ1) is 10.3. The molecule has 0 saturated carbocycles. The smallest absolute Gasteiger partial charge is 0.545 e. The number of hydrogen-bond acceptors (Lipinski definition) is 3. The fourth-order valence-corrected chi connectivity index (χ4v) is 1.80. The summed E-state index contributed by atoms with van der Waals surface area (Å²) in [5.41, 5.74) is 2.17. The lowest BCUT2D eigenvalue weighted by Crippen LogP contribution is -2.18. The van der Waals surface area contributed by atoms with Gasteiger partial charge < -0.3 is 14.6 Å². The van der Waals surface area contributed by atoms with Crippen LogP contribution in [0.15, 0.2) is 54.6 Å². The van der Waals surface area contributed by atoms with Crippen molar-refractivity contribution in [3.63, 3.8) is 0 Å². The molecule has 0 unspecified atom stereocenters. The van der Waals surface area contributed by atoms with Crippen LogP contribution in [0.2, 0.25) is 0 Å². The third-order valence-electron chi connectivity index (χ3n) is 2.74. The lowest BCUT2D eigenvalue weighted by molar-refractivity contribution is -0.297. The zero-order valence-electron chi connectivity index (χ0n) is 11.1. The van der Waals surface area contributed by atoms with Crippen LogP contribution in [-0.2, 0) is 4.79 Å². The number of hydrogen-bond donors (Lipinski definition) is 0. The number of carboxylic acid groups (broad SMARTS) is 1. The van der Waals surface area contributed by atoms with Gasteiger partial charge in [0.15, 0.2) is 0 Å². The Morgan fingerprint density at radius 1 is 0.955 bits per heavy atom. The molecule has 0 aromatic heterocycles. The summed E-state index contributed by atoms with van der Waals surface area (Å²) in [7, 11) is 0. The SMILES string of the molecule is O=C([O-])/C=C/c1ccc(-c2ccc(OC(F)(F)F)cc2)cc1. The Balaban J connectivity index is 2.13. The van der Waals surface area contributed by atoms with Crippen molar-refractivity contribution in [1.82, 2.24) is 0 Å². The van der Waals surface area contributed by atoms with E-state index in [2.05, 4.69) is 4.74 Å². The zero-order valence-corrected chi connectivity index (χ0v) is 11.1. The predicted molar refractivity (Wildman–Crippen MR) is 72.6 cm³/mol. The van der Waals surface area contributed by atoms with Gasteiger partial charge in [-0.1, -0.05) is 42.5 Å². The minimum Gasteiger partial charge on any atom is -0.545 e. The zero-order chi connectivity index (χ0) is 16.2. The molecule has 0 bridgehead atoms. The van der Waals surface area contributed by atoms with Gasteiger partial charge in [0.05, 0.1) is 5.97 Å². The summed E-state index contributed by atoms with van der Waals surface area (Å²) in [6, 6.07) is 12.3. The van der Waals surface area contributed by atoms with E-state index in [0.29, 0.717) is 11.1 Å². The van der Waals surface area contributed by atoms with Gasteiger partial charge in [-0.25, -0.2) is 0 Å². The molecule has 0 heterocycles. The van der Waals surface area contributed by atoms with Crippen LogP contribution in [0, 0.1) is 0 Å². The average molecular weight is 307 g/mol. The Morgan fingerprint density at radius 2 is 1.45 bits per heavy atom. The van der Waals surface area contributed by atoms with Gasteiger partial charge in [-0.2, -0.15) is 0 Å². The van der Waals surface area contributed by atoms with Crippen molar-refractivity contribution < 1.29 is 27.8 Å². The molecule has 0 saturated heterocycles. The van der Waals surface area contributed by atoms with E-state index in [4.69, 9.17) is 0 Å². The van der Waals surface area contributed by atoms with Gasteiger partial charge in [0.1, 0.15) is 5.75 Å². The fourth-order valence-electron chi connectivity index (χ4n) is 1.80. The molecule has 6 heteroatoms. The molecule has 2 rings (SSSR count). The topological polar surface area (TPSA) is 49.4 Å². The van der Waals surface area contributed by atoms with E-state index in [1.54, 1.807) is 24.3 Å². The fraction of sp³-hybridized carbons (Fsp3) is 0.0625. The van der Waals surface area contributed by atoms with Crippen molar-refractivity contribution in [2.75, 3.05) is 0 Å². The Kier molecular flexibility index (Phi) is 4.50. The van der Waals surface area contributed by atoms with Crippen LogP contribution in [0.25, 0.3) is 17.2 Å². The molecule has 22 heavy (non-hydrogen) atoms.